The number of nitrogens with zero attached hydrogens (tertiary/aromatic N) is 2. The van der Waals surface area contributed by atoms with Gasteiger partial charge in [0.15, 0.2) is 0 Å². The van der Waals surface area contributed by atoms with Crippen LogP contribution in [-0.2, 0) is 18.3 Å². The van der Waals surface area contributed by atoms with Gasteiger partial charge in [-0.05, 0) is 13.3 Å². The van der Waals surface area contributed by atoms with E-state index < -0.39 is 0 Å². The normalized spacial score (nSPS) is 16.4. The second kappa shape index (κ2) is 4.42. The molecule has 0 saturated heterocycles. The zero-order valence-electron chi connectivity index (χ0n) is 9.59. The number of carbonyl (C=O) groups excluding carboxylic acids is 1. The number of hydrogen-bond acceptors (Lipinski definition) is 2. The predicted octanol–water partition coefficient (Wildman–Crippen LogP) is 2.60. The maximum absolute atomic E-state index is 11.1. The molecule has 0 atom stereocenters. The van der Waals surface area contributed by atoms with Gasteiger partial charge in [-0.3, -0.25) is 9.48 Å². The molecule has 0 fully saturated rings. The Morgan fingerprint density at radius 3 is 2.75 bits per heavy atom. The molecular weight excluding hydrogens is 224 g/mol. The molecule has 0 aliphatic heterocycles. The molecule has 2 rings (SSSR count). The first-order chi connectivity index (χ1) is 7.58. The number of halogens is 1. The quantitative estimate of drug-likeness (QED) is 0.743. The van der Waals surface area contributed by atoms with Crippen LogP contribution in [0.1, 0.15) is 30.7 Å². The van der Waals surface area contributed by atoms with Crippen LogP contribution >= 0.6 is 11.6 Å². The zero-order chi connectivity index (χ0) is 11.7. The van der Waals surface area contributed by atoms with E-state index in [0.717, 1.165) is 29.3 Å². The number of aromatic nitrogens is 2. The first kappa shape index (κ1) is 11.4. The van der Waals surface area contributed by atoms with Crippen LogP contribution in [0.4, 0.5) is 0 Å². The summed E-state index contributed by atoms with van der Waals surface area (Å²) >= 11 is 6.18. The van der Waals surface area contributed by atoms with Crippen LogP contribution in [0.25, 0.3) is 0 Å². The maximum atomic E-state index is 11.1. The van der Waals surface area contributed by atoms with E-state index in [1.807, 2.05) is 24.7 Å². The molecule has 86 valence electrons. The van der Waals surface area contributed by atoms with E-state index >= 15 is 0 Å². The van der Waals surface area contributed by atoms with Crippen molar-refractivity contribution in [2.24, 2.45) is 7.05 Å². The molecule has 3 nitrogen and oxygen atoms in total. The Morgan fingerprint density at radius 1 is 1.50 bits per heavy atom. The molecule has 0 N–H and O–H groups in total. The summed E-state index contributed by atoms with van der Waals surface area (Å²) in [6, 6.07) is 0. The van der Waals surface area contributed by atoms with Gasteiger partial charge in [-0.1, -0.05) is 23.3 Å². The van der Waals surface area contributed by atoms with Gasteiger partial charge in [0.05, 0.1) is 16.4 Å². The Balaban J connectivity index is 2.18. The van der Waals surface area contributed by atoms with Crippen LogP contribution in [0.15, 0.2) is 11.6 Å². The molecule has 0 unspecified atom stereocenters. The lowest BCUT2D eigenvalue weighted by atomic mass is 9.95. The largest absolute Gasteiger partial charge is 0.299 e. The summed E-state index contributed by atoms with van der Waals surface area (Å²) in [5.41, 5.74) is 3.20. The third-order valence-corrected chi connectivity index (χ3v) is 3.49. The molecule has 1 heterocycles. The van der Waals surface area contributed by atoms with Crippen LogP contribution < -0.4 is 0 Å². The Labute approximate surface area is 100 Å². The Morgan fingerprint density at radius 2 is 2.25 bits per heavy atom. The fourth-order valence-electron chi connectivity index (χ4n) is 2.01. The van der Waals surface area contributed by atoms with Gasteiger partial charge < -0.3 is 0 Å². The highest BCUT2D eigenvalue weighted by Crippen LogP contribution is 2.25. The molecule has 0 radical (unpaired) electrons. The second-order valence-electron chi connectivity index (χ2n) is 4.25. The van der Waals surface area contributed by atoms with Gasteiger partial charge in [0.1, 0.15) is 5.78 Å². The van der Waals surface area contributed by atoms with Crippen molar-refractivity contribution < 1.29 is 4.79 Å². The fourth-order valence-corrected chi connectivity index (χ4v) is 2.24. The number of Topliss-reactive ketones (excluding diaryl/α,β-unsaturated/α-hetero) is 1. The van der Waals surface area contributed by atoms with Gasteiger partial charge in [0.2, 0.25) is 0 Å². The molecule has 0 saturated carbocycles. The first-order valence-electron chi connectivity index (χ1n) is 5.45. The molecule has 0 aromatic carbocycles. The van der Waals surface area contributed by atoms with Crippen molar-refractivity contribution in [2.45, 2.75) is 32.6 Å². The van der Waals surface area contributed by atoms with Crippen molar-refractivity contribution in [3.05, 3.63) is 28.1 Å². The van der Waals surface area contributed by atoms with E-state index in [2.05, 4.69) is 5.10 Å². The second-order valence-corrected chi connectivity index (χ2v) is 4.63. The highest BCUT2D eigenvalue weighted by atomic mass is 35.5. The highest BCUT2D eigenvalue weighted by Gasteiger charge is 2.15. The minimum Gasteiger partial charge on any atom is -0.299 e. The molecule has 0 amide bonds. The zero-order valence-corrected chi connectivity index (χ0v) is 10.3. The SMILES string of the molecule is Cc1nn(C)c(CC2=CCC(=O)CC2)c1Cl. The van der Waals surface area contributed by atoms with Crippen molar-refractivity contribution in [3.8, 4) is 0 Å². The highest BCUT2D eigenvalue weighted by molar-refractivity contribution is 6.31. The predicted molar refractivity (Wildman–Crippen MR) is 63.6 cm³/mol. The molecule has 1 aliphatic carbocycles. The number of ketones is 1. The van der Waals surface area contributed by atoms with E-state index in [4.69, 9.17) is 11.6 Å². The van der Waals surface area contributed by atoms with E-state index in [9.17, 15) is 4.79 Å². The van der Waals surface area contributed by atoms with E-state index in [0.29, 0.717) is 18.6 Å². The number of hydrogen-bond donors (Lipinski definition) is 0. The first-order valence-corrected chi connectivity index (χ1v) is 5.83. The lowest BCUT2D eigenvalue weighted by Crippen LogP contribution is -2.07. The van der Waals surface area contributed by atoms with Crippen LogP contribution in [-0.4, -0.2) is 15.6 Å². The van der Waals surface area contributed by atoms with Gasteiger partial charge in [0, 0.05) is 26.3 Å². The average molecular weight is 239 g/mol. The molecule has 1 aliphatic rings. The lowest BCUT2D eigenvalue weighted by Gasteiger charge is -2.12. The van der Waals surface area contributed by atoms with Crippen LogP contribution in [0.2, 0.25) is 5.02 Å². The summed E-state index contributed by atoms with van der Waals surface area (Å²) in [6.45, 7) is 1.91. The smallest absolute Gasteiger partial charge is 0.136 e. The van der Waals surface area contributed by atoms with Gasteiger partial charge in [-0.2, -0.15) is 5.10 Å². The Bertz CT molecular complexity index is 460. The van der Waals surface area contributed by atoms with Gasteiger partial charge in [-0.15, -0.1) is 0 Å². The molecule has 4 heteroatoms. The number of allylic oxidation sites excluding steroid dienone is 2. The van der Waals surface area contributed by atoms with Crippen LogP contribution in [0.5, 0.6) is 0 Å². The monoisotopic (exact) mass is 238 g/mol. The van der Waals surface area contributed by atoms with Crippen molar-refractivity contribution in [1.29, 1.82) is 0 Å². The van der Waals surface area contributed by atoms with Crippen molar-refractivity contribution in [1.82, 2.24) is 9.78 Å². The number of aryl methyl sites for hydroxylation is 2. The van der Waals surface area contributed by atoms with Crippen molar-refractivity contribution in [3.63, 3.8) is 0 Å². The number of carbonyl (C=O) groups is 1. The summed E-state index contributed by atoms with van der Waals surface area (Å²) in [6.07, 6.45) is 4.94. The molecule has 1 aromatic rings. The third-order valence-electron chi connectivity index (χ3n) is 3.00. The van der Waals surface area contributed by atoms with E-state index in [-0.39, 0.29) is 0 Å². The summed E-state index contributed by atoms with van der Waals surface area (Å²) in [5, 5.41) is 5.03. The molecule has 1 aromatic heterocycles. The van der Waals surface area contributed by atoms with E-state index in [1.165, 1.54) is 5.57 Å². The minimum atomic E-state index is 0.330. The van der Waals surface area contributed by atoms with Gasteiger partial charge in [0.25, 0.3) is 0 Å². The minimum absolute atomic E-state index is 0.330. The van der Waals surface area contributed by atoms with Gasteiger partial charge in [-0.25, -0.2) is 0 Å². The maximum Gasteiger partial charge on any atom is 0.136 e. The average Bonchev–Trinajstić information content (AvgIpc) is 2.48. The summed E-state index contributed by atoms with van der Waals surface area (Å²) in [5.74, 6) is 0.330. The number of rotatable bonds is 2. The van der Waals surface area contributed by atoms with Crippen LogP contribution in [0.3, 0.4) is 0 Å². The van der Waals surface area contributed by atoms with Crippen LogP contribution in [0, 0.1) is 6.92 Å². The lowest BCUT2D eigenvalue weighted by molar-refractivity contribution is -0.118. The summed E-state index contributed by atoms with van der Waals surface area (Å²) in [7, 11) is 1.91. The third kappa shape index (κ3) is 2.19. The van der Waals surface area contributed by atoms with Gasteiger partial charge >= 0.3 is 0 Å². The Hall–Kier alpha value is -1.09. The standard InChI is InChI=1S/C12H15ClN2O/c1-8-12(13)11(15(2)14-8)7-9-3-5-10(16)6-4-9/h3H,4-7H2,1-2H3. The molecular formula is C12H15ClN2O. The molecule has 0 spiro atoms. The van der Waals surface area contributed by atoms with Crippen molar-refractivity contribution >= 4 is 17.4 Å². The molecule has 16 heavy (non-hydrogen) atoms. The molecule has 0 bridgehead atoms. The summed E-state index contributed by atoms with van der Waals surface area (Å²) < 4.78 is 1.83. The Kier molecular flexibility index (Phi) is 3.15. The van der Waals surface area contributed by atoms with Crippen molar-refractivity contribution in [2.75, 3.05) is 0 Å². The fraction of sp³-hybridized carbons (Fsp3) is 0.500. The summed E-state index contributed by atoms with van der Waals surface area (Å²) in [4.78, 5) is 11.1. The van der Waals surface area contributed by atoms with E-state index in [1.54, 1.807) is 0 Å². The topological polar surface area (TPSA) is 34.9 Å².